The summed E-state index contributed by atoms with van der Waals surface area (Å²) in [5, 5.41) is 0. The highest BCUT2D eigenvalue weighted by atomic mass is 35.5. The summed E-state index contributed by atoms with van der Waals surface area (Å²) in [6, 6.07) is 7.17. The lowest BCUT2D eigenvalue weighted by Crippen LogP contribution is -2.26. The van der Waals surface area contributed by atoms with E-state index < -0.39 is 0 Å². The molecule has 0 aliphatic rings. The fourth-order valence-electron chi connectivity index (χ4n) is 1.69. The Morgan fingerprint density at radius 1 is 1.47 bits per heavy atom. The van der Waals surface area contributed by atoms with Crippen LogP contribution < -0.4 is 5.73 Å². The second-order valence-corrected chi connectivity index (χ2v) is 5.91. The van der Waals surface area contributed by atoms with Crippen LogP contribution in [0.4, 0.5) is 0 Å². The Bertz CT molecular complexity index is 585. The van der Waals surface area contributed by atoms with Crippen LogP contribution in [0.25, 0.3) is 0 Å². The Hall–Kier alpha value is -1.43. The van der Waals surface area contributed by atoms with Gasteiger partial charge >= 0.3 is 0 Å². The van der Waals surface area contributed by atoms with E-state index in [4.69, 9.17) is 17.3 Å². The summed E-state index contributed by atoms with van der Waals surface area (Å²) in [5.74, 6) is -0.0541. The Kier molecular flexibility index (Phi) is 4.52. The van der Waals surface area contributed by atoms with Gasteiger partial charge in [-0.1, -0.05) is 11.6 Å². The Morgan fingerprint density at radius 3 is 2.89 bits per heavy atom. The van der Waals surface area contributed by atoms with Crippen molar-refractivity contribution in [2.24, 2.45) is 5.73 Å². The van der Waals surface area contributed by atoms with Gasteiger partial charge in [-0.25, -0.2) is 0 Å². The number of halogens is 1. The maximum absolute atomic E-state index is 12.3. The number of hydrogen-bond acceptors (Lipinski definition) is 4. The van der Waals surface area contributed by atoms with E-state index in [1.54, 1.807) is 30.3 Å². The fourth-order valence-corrected chi connectivity index (χ4v) is 2.83. The van der Waals surface area contributed by atoms with Crippen molar-refractivity contribution in [2.75, 3.05) is 7.05 Å². The van der Waals surface area contributed by atoms with Crippen molar-refractivity contribution in [1.82, 2.24) is 9.88 Å². The van der Waals surface area contributed by atoms with Crippen LogP contribution in [0.1, 0.15) is 20.9 Å². The zero-order chi connectivity index (χ0) is 13.8. The topological polar surface area (TPSA) is 59.2 Å². The van der Waals surface area contributed by atoms with Gasteiger partial charge in [0.15, 0.2) is 0 Å². The molecular weight excluding hydrogens is 282 g/mol. The number of carbonyl (C=O) groups is 1. The molecule has 2 heterocycles. The average molecular weight is 296 g/mol. The van der Waals surface area contributed by atoms with Crippen LogP contribution >= 0.6 is 22.9 Å². The first-order chi connectivity index (χ1) is 9.10. The summed E-state index contributed by atoms with van der Waals surface area (Å²) in [6.07, 6.45) is 1.60. The van der Waals surface area contributed by atoms with Crippen molar-refractivity contribution in [3.05, 3.63) is 50.9 Å². The molecule has 0 bridgehead atoms. The number of rotatable bonds is 4. The van der Waals surface area contributed by atoms with Crippen molar-refractivity contribution in [1.29, 1.82) is 0 Å². The van der Waals surface area contributed by atoms with Gasteiger partial charge in [-0.3, -0.25) is 9.78 Å². The Labute approximate surface area is 120 Å². The largest absolute Gasteiger partial charge is 0.337 e. The van der Waals surface area contributed by atoms with Gasteiger partial charge in [0, 0.05) is 30.2 Å². The quantitative estimate of drug-likeness (QED) is 0.943. The van der Waals surface area contributed by atoms with Gasteiger partial charge in [-0.15, -0.1) is 11.3 Å². The molecule has 19 heavy (non-hydrogen) atoms. The fraction of sp³-hybridized carbons (Fsp3) is 0.231. The molecular formula is C13H14ClN3OS. The molecule has 0 unspecified atom stereocenters. The van der Waals surface area contributed by atoms with E-state index in [0.29, 0.717) is 24.3 Å². The summed E-state index contributed by atoms with van der Waals surface area (Å²) in [5.41, 5.74) is 6.83. The smallest absolute Gasteiger partial charge is 0.254 e. The minimum atomic E-state index is -0.0541. The summed E-state index contributed by atoms with van der Waals surface area (Å²) in [7, 11) is 1.76. The van der Waals surface area contributed by atoms with E-state index in [-0.39, 0.29) is 5.91 Å². The first kappa shape index (κ1) is 14.0. The number of amides is 1. The Balaban J connectivity index is 2.09. The van der Waals surface area contributed by atoms with Crippen molar-refractivity contribution in [2.45, 2.75) is 13.1 Å². The van der Waals surface area contributed by atoms with Crippen LogP contribution in [0.3, 0.4) is 0 Å². The highest BCUT2D eigenvalue weighted by Crippen LogP contribution is 2.22. The molecule has 0 saturated carbocycles. The molecule has 0 atom stereocenters. The van der Waals surface area contributed by atoms with E-state index in [9.17, 15) is 4.79 Å². The van der Waals surface area contributed by atoms with Gasteiger partial charge in [-0.05, 0) is 24.3 Å². The van der Waals surface area contributed by atoms with Crippen LogP contribution in [0.2, 0.25) is 4.34 Å². The number of nitrogens with zero attached hydrogens (tertiary/aromatic N) is 2. The second kappa shape index (κ2) is 6.14. The molecule has 0 saturated heterocycles. The molecule has 2 N–H and O–H groups in total. The zero-order valence-corrected chi connectivity index (χ0v) is 12.0. The predicted octanol–water partition coefficient (Wildman–Crippen LogP) is 2.53. The van der Waals surface area contributed by atoms with Crippen LogP contribution in [0, 0.1) is 0 Å². The summed E-state index contributed by atoms with van der Waals surface area (Å²) >= 11 is 7.35. The standard InChI is InChI=1S/C13H14ClN3OS/c1-17(8-11-2-3-12(14)19-11)13(18)9-4-5-16-10(6-9)7-15/h2-6H,7-8,15H2,1H3. The number of thiophene rings is 1. The normalized spacial score (nSPS) is 10.5. The SMILES string of the molecule is CN(Cc1ccc(Cl)s1)C(=O)c1ccnc(CN)c1. The van der Waals surface area contributed by atoms with E-state index >= 15 is 0 Å². The molecule has 0 fully saturated rings. The lowest BCUT2D eigenvalue weighted by atomic mass is 10.2. The molecule has 0 aliphatic heterocycles. The summed E-state index contributed by atoms with van der Waals surface area (Å²) in [6.45, 7) is 0.863. The number of nitrogens with two attached hydrogens (primary N) is 1. The molecule has 0 radical (unpaired) electrons. The van der Waals surface area contributed by atoms with Crippen LogP contribution in [0.5, 0.6) is 0 Å². The second-order valence-electron chi connectivity index (χ2n) is 4.11. The third-order valence-corrected chi connectivity index (χ3v) is 3.86. The summed E-state index contributed by atoms with van der Waals surface area (Å²) < 4.78 is 0.727. The van der Waals surface area contributed by atoms with Crippen molar-refractivity contribution >= 4 is 28.8 Å². The van der Waals surface area contributed by atoms with Gasteiger partial charge < -0.3 is 10.6 Å². The van der Waals surface area contributed by atoms with E-state index in [2.05, 4.69) is 4.98 Å². The monoisotopic (exact) mass is 295 g/mol. The lowest BCUT2D eigenvalue weighted by Gasteiger charge is -2.16. The minimum Gasteiger partial charge on any atom is -0.337 e. The minimum absolute atomic E-state index is 0.0541. The molecule has 0 spiro atoms. The third-order valence-electron chi connectivity index (χ3n) is 2.64. The molecule has 100 valence electrons. The molecule has 1 amide bonds. The van der Waals surface area contributed by atoms with E-state index in [1.165, 1.54) is 11.3 Å². The van der Waals surface area contributed by atoms with Gasteiger partial charge in [0.1, 0.15) is 0 Å². The predicted molar refractivity (Wildman–Crippen MR) is 77.3 cm³/mol. The molecule has 4 nitrogen and oxygen atoms in total. The maximum atomic E-state index is 12.3. The number of pyridine rings is 1. The van der Waals surface area contributed by atoms with Gasteiger partial charge in [0.25, 0.3) is 5.91 Å². The maximum Gasteiger partial charge on any atom is 0.254 e. The molecule has 0 aliphatic carbocycles. The first-order valence-corrected chi connectivity index (χ1v) is 6.94. The van der Waals surface area contributed by atoms with Crippen LogP contribution in [-0.4, -0.2) is 22.8 Å². The highest BCUT2D eigenvalue weighted by Gasteiger charge is 2.13. The highest BCUT2D eigenvalue weighted by molar-refractivity contribution is 7.16. The Morgan fingerprint density at radius 2 is 2.26 bits per heavy atom. The van der Waals surface area contributed by atoms with Crippen molar-refractivity contribution in [3.63, 3.8) is 0 Å². The molecule has 2 rings (SSSR count). The molecule has 2 aromatic rings. The molecule has 2 aromatic heterocycles. The summed E-state index contributed by atoms with van der Waals surface area (Å²) in [4.78, 5) is 19.0. The number of hydrogen-bond donors (Lipinski definition) is 1. The average Bonchev–Trinajstić information content (AvgIpc) is 2.83. The number of carbonyl (C=O) groups excluding carboxylic acids is 1. The third kappa shape index (κ3) is 3.53. The molecule has 6 heteroatoms. The van der Waals surface area contributed by atoms with E-state index in [0.717, 1.165) is 9.21 Å². The van der Waals surface area contributed by atoms with Gasteiger partial charge in [0.2, 0.25) is 0 Å². The van der Waals surface area contributed by atoms with Crippen LogP contribution in [0.15, 0.2) is 30.5 Å². The van der Waals surface area contributed by atoms with Crippen LogP contribution in [-0.2, 0) is 13.1 Å². The van der Waals surface area contributed by atoms with Crippen molar-refractivity contribution in [3.8, 4) is 0 Å². The van der Waals surface area contributed by atoms with E-state index in [1.807, 2.05) is 12.1 Å². The van der Waals surface area contributed by atoms with Gasteiger partial charge in [-0.2, -0.15) is 0 Å². The zero-order valence-electron chi connectivity index (χ0n) is 10.5. The lowest BCUT2D eigenvalue weighted by molar-refractivity contribution is 0.0786. The van der Waals surface area contributed by atoms with Gasteiger partial charge in [0.05, 0.1) is 16.6 Å². The number of aromatic nitrogens is 1. The molecule has 0 aromatic carbocycles. The van der Waals surface area contributed by atoms with Crippen molar-refractivity contribution < 1.29 is 4.79 Å². The first-order valence-electron chi connectivity index (χ1n) is 5.75.